The molecule has 0 heterocycles. The summed E-state index contributed by atoms with van der Waals surface area (Å²) in [5.74, 6) is -0.791. The first-order valence-corrected chi connectivity index (χ1v) is 5.08. The summed E-state index contributed by atoms with van der Waals surface area (Å²) in [6, 6.07) is 6.56. The van der Waals surface area contributed by atoms with Gasteiger partial charge in [0.2, 0.25) is 0 Å². The van der Waals surface area contributed by atoms with E-state index in [1.54, 1.807) is 12.1 Å². The van der Waals surface area contributed by atoms with Crippen molar-refractivity contribution in [2.75, 3.05) is 7.11 Å². The molecule has 88 valence electrons. The quantitative estimate of drug-likeness (QED) is 0.835. The Labute approximate surface area is 98.1 Å². The molecule has 0 aliphatic heterocycles. The Bertz CT molecular complexity index is 602. The largest absolute Gasteiger partial charge is 0.507 e. The third-order valence-corrected chi connectivity index (χ3v) is 2.65. The lowest BCUT2D eigenvalue weighted by Gasteiger charge is -2.10. The van der Waals surface area contributed by atoms with Gasteiger partial charge in [0.15, 0.2) is 0 Å². The number of carbonyl (C=O) groups is 1. The number of phenols is 1. The molecular weight excluding hydrogens is 220 g/mol. The van der Waals surface area contributed by atoms with Gasteiger partial charge in [-0.25, -0.2) is 4.79 Å². The third kappa shape index (κ3) is 1.78. The number of carboxylic acid groups (broad SMARTS) is 1. The standard InChI is InChI=1S/C13H12O4/c1-7-5-9-8(11(6-7)17-2)3-4-10(14)12(9)13(15)16/h3-6,14H,1-2H3,(H,15,16). The predicted molar refractivity (Wildman–Crippen MR) is 63.9 cm³/mol. The normalized spacial score (nSPS) is 10.5. The van der Waals surface area contributed by atoms with Gasteiger partial charge in [-0.05, 0) is 30.7 Å². The van der Waals surface area contributed by atoms with E-state index in [1.165, 1.54) is 13.2 Å². The van der Waals surface area contributed by atoms with Gasteiger partial charge in [-0.2, -0.15) is 0 Å². The van der Waals surface area contributed by atoms with Crippen LogP contribution in [0.1, 0.15) is 15.9 Å². The number of carboxylic acids is 1. The van der Waals surface area contributed by atoms with Gasteiger partial charge < -0.3 is 14.9 Å². The molecule has 0 saturated heterocycles. The van der Waals surface area contributed by atoms with Crippen LogP contribution < -0.4 is 4.74 Å². The Morgan fingerprint density at radius 2 is 1.94 bits per heavy atom. The highest BCUT2D eigenvalue weighted by Gasteiger charge is 2.16. The topological polar surface area (TPSA) is 66.8 Å². The number of aromatic hydroxyl groups is 1. The average molecular weight is 232 g/mol. The number of hydrogen-bond donors (Lipinski definition) is 2. The molecule has 0 bridgehead atoms. The second kappa shape index (κ2) is 3.97. The van der Waals surface area contributed by atoms with Crippen LogP contribution in [0.3, 0.4) is 0 Å². The molecule has 0 radical (unpaired) electrons. The number of hydrogen-bond acceptors (Lipinski definition) is 3. The molecule has 4 nitrogen and oxygen atoms in total. The first-order valence-electron chi connectivity index (χ1n) is 5.08. The highest BCUT2D eigenvalue weighted by Crippen LogP contribution is 2.33. The minimum absolute atomic E-state index is 0.0931. The zero-order chi connectivity index (χ0) is 12.6. The van der Waals surface area contributed by atoms with Gasteiger partial charge >= 0.3 is 5.97 Å². The van der Waals surface area contributed by atoms with E-state index < -0.39 is 5.97 Å². The van der Waals surface area contributed by atoms with Crippen molar-refractivity contribution < 1.29 is 19.7 Å². The first kappa shape index (κ1) is 11.3. The molecule has 2 aromatic carbocycles. The summed E-state index contributed by atoms with van der Waals surface area (Å²) in [6.45, 7) is 1.84. The molecule has 4 heteroatoms. The van der Waals surface area contributed by atoms with Crippen molar-refractivity contribution in [1.82, 2.24) is 0 Å². The number of rotatable bonds is 2. The van der Waals surface area contributed by atoms with Crippen molar-refractivity contribution in [3.8, 4) is 11.5 Å². The number of aryl methyl sites for hydroxylation is 1. The van der Waals surface area contributed by atoms with E-state index in [4.69, 9.17) is 9.84 Å². The van der Waals surface area contributed by atoms with Crippen molar-refractivity contribution in [3.63, 3.8) is 0 Å². The molecule has 0 atom stereocenters. The average Bonchev–Trinajstić information content (AvgIpc) is 2.26. The van der Waals surface area contributed by atoms with Crippen LogP contribution in [0.15, 0.2) is 24.3 Å². The van der Waals surface area contributed by atoms with Gasteiger partial charge in [-0.15, -0.1) is 0 Å². The fourth-order valence-corrected chi connectivity index (χ4v) is 1.92. The zero-order valence-corrected chi connectivity index (χ0v) is 9.52. The van der Waals surface area contributed by atoms with Crippen LogP contribution in [0.2, 0.25) is 0 Å². The van der Waals surface area contributed by atoms with E-state index in [9.17, 15) is 9.90 Å². The van der Waals surface area contributed by atoms with Crippen LogP contribution in [-0.2, 0) is 0 Å². The molecule has 0 unspecified atom stereocenters. The summed E-state index contributed by atoms with van der Waals surface area (Å²) in [5, 5.41) is 19.9. The fourth-order valence-electron chi connectivity index (χ4n) is 1.92. The Balaban J connectivity index is 2.94. The molecule has 2 rings (SSSR count). The Morgan fingerprint density at radius 3 is 2.53 bits per heavy atom. The maximum absolute atomic E-state index is 11.1. The van der Waals surface area contributed by atoms with E-state index in [-0.39, 0.29) is 11.3 Å². The summed E-state index contributed by atoms with van der Waals surface area (Å²) >= 11 is 0. The van der Waals surface area contributed by atoms with E-state index in [0.717, 1.165) is 5.56 Å². The smallest absolute Gasteiger partial charge is 0.340 e. The highest BCUT2D eigenvalue weighted by molar-refractivity contribution is 6.08. The Morgan fingerprint density at radius 1 is 1.24 bits per heavy atom. The van der Waals surface area contributed by atoms with Crippen LogP contribution in [0.4, 0.5) is 0 Å². The SMILES string of the molecule is COc1cc(C)cc2c(C(=O)O)c(O)ccc12. The molecule has 0 aromatic heterocycles. The van der Waals surface area contributed by atoms with E-state index in [0.29, 0.717) is 16.5 Å². The summed E-state index contributed by atoms with van der Waals surface area (Å²) in [5.41, 5.74) is 0.784. The molecule has 0 spiro atoms. The summed E-state index contributed by atoms with van der Waals surface area (Å²) in [7, 11) is 1.53. The van der Waals surface area contributed by atoms with E-state index >= 15 is 0 Å². The number of fused-ring (bicyclic) bond motifs is 1. The molecular formula is C13H12O4. The number of benzene rings is 2. The van der Waals surface area contributed by atoms with Crippen LogP contribution >= 0.6 is 0 Å². The lowest BCUT2D eigenvalue weighted by molar-refractivity contribution is 0.0696. The first-order chi connectivity index (χ1) is 8.04. The minimum Gasteiger partial charge on any atom is -0.507 e. The molecule has 2 N–H and O–H groups in total. The Hall–Kier alpha value is -2.23. The second-order valence-electron chi connectivity index (χ2n) is 3.83. The molecule has 0 fully saturated rings. The monoisotopic (exact) mass is 232 g/mol. The van der Waals surface area contributed by atoms with Crippen molar-refractivity contribution in [3.05, 3.63) is 35.4 Å². The number of ether oxygens (including phenoxy) is 1. The molecule has 0 saturated carbocycles. The highest BCUT2D eigenvalue weighted by atomic mass is 16.5. The van der Waals surface area contributed by atoms with E-state index in [1.807, 2.05) is 13.0 Å². The lowest BCUT2D eigenvalue weighted by Crippen LogP contribution is -1.99. The molecule has 2 aromatic rings. The van der Waals surface area contributed by atoms with Gasteiger partial charge in [-0.1, -0.05) is 6.07 Å². The third-order valence-electron chi connectivity index (χ3n) is 2.65. The number of methoxy groups -OCH3 is 1. The van der Waals surface area contributed by atoms with Gasteiger partial charge in [0.25, 0.3) is 0 Å². The fraction of sp³-hybridized carbons (Fsp3) is 0.154. The number of aromatic carboxylic acids is 1. The van der Waals surface area contributed by atoms with Crippen molar-refractivity contribution >= 4 is 16.7 Å². The second-order valence-corrected chi connectivity index (χ2v) is 3.83. The van der Waals surface area contributed by atoms with Gasteiger partial charge in [0.1, 0.15) is 17.1 Å². The van der Waals surface area contributed by atoms with Crippen molar-refractivity contribution in [2.24, 2.45) is 0 Å². The van der Waals surface area contributed by atoms with Crippen LogP contribution in [0.5, 0.6) is 11.5 Å². The minimum atomic E-state index is -1.15. The molecule has 17 heavy (non-hydrogen) atoms. The predicted octanol–water partition coefficient (Wildman–Crippen LogP) is 2.56. The van der Waals surface area contributed by atoms with Gasteiger partial charge in [-0.3, -0.25) is 0 Å². The van der Waals surface area contributed by atoms with Crippen LogP contribution in [-0.4, -0.2) is 23.3 Å². The van der Waals surface area contributed by atoms with Crippen LogP contribution in [0.25, 0.3) is 10.8 Å². The van der Waals surface area contributed by atoms with Crippen molar-refractivity contribution in [2.45, 2.75) is 6.92 Å². The summed E-state index contributed by atoms with van der Waals surface area (Å²) in [6.07, 6.45) is 0. The Kier molecular flexibility index (Phi) is 2.63. The molecule has 0 aliphatic rings. The van der Waals surface area contributed by atoms with E-state index in [2.05, 4.69) is 0 Å². The maximum Gasteiger partial charge on any atom is 0.340 e. The zero-order valence-electron chi connectivity index (χ0n) is 9.52. The lowest BCUT2D eigenvalue weighted by atomic mass is 10.0. The molecule has 0 aliphatic carbocycles. The van der Waals surface area contributed by atoms with Gasteiger partial charge in [0, 0.05) is 10.8 Å². The van der Waals surface area contributed by atoms with Crippen LogP contribution in [0, 0.1) is 6.92 Å². The molecule has 0 amide bonds. The summed E-state index contributed by atoms with van der Waals surface area (Å²) < 4.78 is 5.21. The van der Waals surface area contributed by atoms with Gasteiger partial charge in [0.05, 0.1) is 7.11 Å². The summed E-state index contributed by atoms with van der Waals surface area (Å²) in [4.78, 5) is 11.1. The maximum atomic E-state index is 11.1. The van der Waals surface area contributed by atoms with Crippen molar-refractivity contribution in [1.29, 1.82) is 0 Å².